The molecule has 0 aliphatic carbocycles. The standard InChI is InChI=1S/C30H27N3O3/c1-35-28-18-25(14-17-27(28)36-21-24-10-6-3-7-11-24)29(30(32)34)33(20-23-8-4-2-5-9-23)26-15-12-22(19-31)13-16-26/h2-18,29H,20-21H2,1H3,(H2,32,34). The van der Waals surface area contributed by atoms with Crippen LogP contribution in [0.4, 0.5) is 5.69 Å². The van der Waals surface area contributed by atoms with E-state index in [-0.39, 0.29) is 0 Å². The zero-order valence-corrected chi connectivity index (χ0v) is 20.0. The number of rotatable bonds is 10. The predicted octanol–water partition coefficient (Wildman–Crippen LogP) is 5.38. The van der Waals surface area contributed by atoms with Crippen molar-refractivity contribution in [2.75, 3.05) is 12.0 Å². The SMILES string of the molecule is COc1cc(C(C(N)=O)N(Cc2ccccc2)c2ccc(C#N)cc2)ccc1OCc1ccccc1. The summed E-state index contributed by atoms with van der Waals surface area (Å²) >= 11 is 0. The molecule has 0 radical (unpaired) electrons. The van der Waals surface area contributed by atoms with Gasteiger partial charge >= 0.3 is 0 Å². The fourth-order valence-electron chi connectivity index (χ4n) is 4.05. The highest BCUT2D eigenvalue weighted by Crippen LogP contribution is 2.35. The number of carbonyl (C=O) groups excluding carboxylic acids is 1. The molecule has 6 nitrogen and oxygen atoms in total. The molecule has 36 heavy (non-hydrogen) atoms. The van der Waals surface area contributed by atoms with Crippen molar-refractivity contribution in [3.05, 3.63) is 125 Å². The third-order valence-corrected chi connectivity index (χ3v) is 5.85. The first-order valence-corrected chi connectivity index (χ1v) is 11.5. The summed E-state index contributed by atoms with van der Waals surface area (Å²) in [4.78, 5) is 14.8. The molecular weight excluding hydrogens is 450 g/mol. The first-order valence-electron chi connectivity index (χ1n) is 11.5. The van der Waals surface area contributed by atoms with Crippen molar-refractivity contribution in [2.45, 2.75) is 19.2 Å². The van der Waals surface area contributed by atoms with Gasteiger partial charge in [0, 0.05) is 12.2 Å². The Bertz CT molecular complexity index is 1330. The lowest BCUT2D eigenvalue weighted by Gasteiger charge is -2.32. The van der Waals surface area contributed by atoms with Crippen molar-refractivity contribution < 1.29 is 14.3 Å². The molecule has 4 aromatic carbocycles. The molecule has 0 aliphatic heterocycles. The fourth-order valence-corrected chi connectivity index (χ4v) is 4.05. The lowest BCUT2D eigenvalue weighted by atomic mass is 10.0. The summed E-state index contributed by atoms with van der Waals surface area (Å²) in [7, 11) is 1.57. The van der Waals surface area contributed by atoms with Gasteiger partial charge in [0.1, 0.15) is 12.6 Å². The van der Waals surface area contributed by atoms with Crippen LogP contribution in [0.25, 0.3) is 0 Å². The minimum absolute atomic E-state index is 0.390. The number of amides is 1. The van der Waals surface area contributed by atoms with Gasteiger partial charge in [-0.3, -0.25) is 4.79 Å². The van der Waals surface area contributed by atoms with Gasteiger partial charge in [0.25, 0.3) is 0 Å². The van der Waals surface area contributed by atoms with E-state index < -0.39 is 11.9 Å². The second kappa shape index (κ2) is 11.6. The second-order valence-corrected chi connectivity index (χ2v) is 8.26. The van der Waals surface area contributed by atoms with Gasteiger partial charge in [0.15, 0.2) is 11.5 Å². The molecule has 0 saturated heterocycles. The Morgan fingerprint density at radius 2 is 1.53 bits per heavy atom. The molecule has 4 rings (SSSR count). The van der Waals surface area contributed by atoms with E-state index in [1.807, 2.05) is 83.8 Å². The molecule has 0 saturated carbocycles. The quantitative estimate of drug-likeness (QED) is 0.331. The van der Waals surface area contributed by atoms with Gasteiger partial charge in [0.2, 0.25) is 5.91 Å². The normalized spacial score (nSPS) is 11.2. The topological polar surface area (TPSA) is 88.6 Å². The van der Waals surface area contributed by atoms with E-state index in [9.17, 15) is 10.1 Å². The van der Waals surface area contributed by atoms with E-state index >= 15 is 0 Å². The van der Waals surface area contributed by atoms with Crippen LogP contribution in [-0.2, 0) is 17.9 Å². The maximum atomic E-state index is 12.9. The maximum absolute atomic E-state index is 12.9. The summed E-state index contributed by atoms with van der Waals surface area (Å²) in [5.41, 5.74) is 10.0. The molecule has 4 aromatic rings. The maximum Gasteiger partial charge on any atom is 0.244 e. The third kappa shape index (κ3) is 5.83. The predicted molar refractivity (Wildman–Crippen MR) is 139 cm³/mol. The molecule has 0 heterocycles. The summed E-state index contributed by atoms with van der Waals surface area (Å²) in [6.45, 7) is 0.829. The minimum Gasteiger partial charge on any atom is -0.493 e. The molecular formula is C30H27N3O3. The number of methoxy groups -OCH3 is 1. The molecule has 1 atom stereocenters. The lowest BCUT2D eigenvalue weighted by Crippen LogP contribution is -2.37. The lowest BCUT2D eigenvalue weighted by molar-refractivity contribution is -0.119. The van der Waals surface area contributed by atoms with Crippen LogP contribution in [0.15, 0.2) is 103 Å². The summed E-state index contributed by atoms with van der Waals surface area (Å²) in [6.07, 6.45) is 0. The van der Waals surface area contributed by atoms with Gasteiger partial charge in [-0.1, -0.05) is 66.7 Å². The molecule has 1 unspecified atom stereocenters. The van der Waals surface area contributed by atoms with Crippen LogP contribution in [0, 0.1) is 11.3 Å². The number of ether oxygens (including phenoxy) is 2. The first-order chi connectivity index (χ1) is 17.6. The third-order valence-electron chi connectivity index (χ3n) is 5.85. The average Bonchev–Trinajstić information content (AvgIpc) is 2.93. The van der Waals surface area contributed by atoms with Gasteiger partial charge < -0.3 is 20.1 Å². The number of hydrogen-bond donors (Lipinski definition) is 1. The van der Waals surface area contributed by atoms with Crippen LogP contribution in [0.2, 0.25) is 0 Å². The van der Waals surface area contributed by atoms with Crippen LogP contribution in [-0.4, -0.2) is 13.0 Å². The monoisotopic (exact) mass is 477 g/mol. The van der Waals surface area contributed by atoms with Crippen molar-refractivity contribution in [1.82, 2.24) is 0 Å². The minimum atomic E-state index is -0.782. The van der Waals surface area contributed by atoms with Crippen molar-refractivity contribution >= 4 is 11.6 Å². The molecule has 2 N–H and O–H groups in total. The fraction of sp³-hybridized carbons (Fsp3) is 0.133. The molecule has 6 heteroatoms. The van der Waals surface area contributed by atoms with Crippen molar-refractivity contribution in [3.63, 3.8) is 0 Å². The van der Waals surface area contributed by atoms with Gasteiger partial charge in [-0.05, 0) is 53.1 Å². The van der Waals surface area contributed by atoms with E-state index in [4.69, 9.17) is 15.2 Å². The molecule has 1 amide bonds. The zero-order valence-electron chi connectivity index (χ0n) is 20.0. The summed E-state index contributed by atoms with van der Waals surface area (Å²) < 4.78 is 11.6. The second-order valence-electron chi connectivity index (χ2n) is 8.26. The summed E-state index contributed by atoms with van der Waals surface area (Å²) in [6, 6.07) is 33.6. The van der Waals surface area contributed by atoms with Gasteiger partial charge in [-0.25, -0.2) is 0 Å². The Kier molecular flexibility index (Phi) is 7.84. The smallest absolute Gasteiger partial charge is 0.244 e. The number of primary amides is 1. The molecule has 0 aromatic heterocycles. The molecule has 0 aliphatic rings. The van der Waals surface area contributed by atoms with Crippen molar-refractivity contribution in [1.29, 1.82) is 5.26 Å². The highest BCUT2D eigenvalue weighted by molar-refractivity contribution is 5.85. The summed E-state index contributed by atoms with van der Waals surface area (Å²) in [5, 5.41) is 9.21. The van der Waals surface area contributed by atoms with Gasteiger partial charge in [-0.2, -0.15) is 5.26 Å². The van der Waals surface area contributed by atoms with Crippen molar-refractivity contribution in [2.24, 2.45) is 5.73 Å². The van der Waals surface area contributed by atoms with E-state index in [1.165, 1.54) is 0 Å². The van der Waals surface area contributed by atoms with Crippen LogP contribution in [0.3, 0.4) is 0 Å². The number of benzene rings is 4. The van der Waals surface area contributed by atoms with Crippen LogP contribution >= 0.6 is 0 Å². The number of nitrogens with zero attached hydrogens (tertiary/aromatic N) is 2. The number of carbonyl (C=O) groups is 1. The van der Waals surface area contributed by atoms with Crippen molar-refractivity contribution in [3.8, 4) is 17.6 Å². The van der Waals surface area contributed by atoms with Crippen LogP contribution in [0.5, 0.6) is 11.5 Å². The Morgan fingerprint density at radius 1 is 0.889 bits per heavy atom. The zero-order chi connectivity index (χ0) is 25.3. The Morgan fingerprint density at radius 3 is 2.11 bits per heavy atom. The Hall–Kier alpha value is -4.76. The first kappa shape index (κ1) is 24.4. The largest absolute Gasteiger partial charge is 0.493 e. The van der Waals surface area contributed by atoms with E-state index in [1.54, 1.807) is 31.4 Å². The highest BCUT2D eigenvalue weighted by Gasteiger charge is 2.28. The van der Waals surface area contributed by atoms with Gasteiger partial charge in [0.05, 0.1) is 18.7 Å². The molecule has 0 bridgehead atoms. The van der Waals surface area contributed by atoms with E-state index in [0.29, 0.717) is 35.8 Å². The molecule has 180 valence electrons. The molecule has 0 fully saturated rings. The Labute approximate surface area is 211 Å². The van der Waals surface area contributed by atoms with Gasteiger partial charge in [-0.15, -0.1) is 0 Å². The average molecular weight is 478 g/mol. The highest BCUT2D eigenvalue weighted by atomic mass is 16.5. The van der Waals surface area contributed by atoms with E-state index in [0.717, 1.165) is 16.8 Å². The number of hydrogen-bond acceptors (Lipinski definition) is 5. The number of nitriles is 1. The molecule has 0 spiro atoms. The Balaban J connectivity index is 1.69. The summed E-state index contributed by atoms with van der Waals surface area (Å²) in [5.74, 6) is 0.575. The van der Waals surface area contributed by atoms with Crippen LogP contribution in [0.1, 0.15) is 28.3 Å². The van der Waals surface area contributed by atoms with E-state index in [2.05, 4.69) is 6.07 Å². The van der Waals surface area contributed by atoms with Crippen LogP contribution < -0.4 is 20.1 Å². The number of nitrogens with two attached hydrogens (primary N) is 1. The number of anilines is 1.